The summed E-state index contributed by atoms with van der Waals surface area (Å²) in [6.07, 6.45) is 23.8. The summed E-state index contributed by atoms with van der Waals surface area (Å²) < 4.78 is 59.7. The van der Waals surface area contributed by atoms with Gasteiger partial charge in [-0.15, -0.1) is 15.5 Å². The van der Waals surface area contributed by atoms with Gasteiger partial charge >= 0.3 is 18.1 Å². The number of carbonyl (C=O) groups excluding carboxylic acids is 5. The smallest absolute Gasteiger partial charge is 0.333 e. The number of nitrogens with two attached hydrogens (primary N) is 1. The van der Waals surface area contributed by atoms with Crippen LogP contribution in [0.4, 0.5) is 20.1 Å². The van der Waals surface area contributed by atoms with Gasteiger partial charge in [-0.25, -0.2) is 50.4 Å². The molecule has 30 heteroatoms. The van der Waals surface area contributed by atoms with Gasteiger partial charge in [0.1, 0.15) is 17.1 Å². The maximum atomic E-state index is 13.2. The van der Waals surface area contributed by atoms with Gasteiger partial charge in [0.2, 0.25) is 21.8 Å². The van der Waals surface area contributed by atoms with Crippen molar-refractivity contribution < 1.29 is 45.5 Å². The van der Waals surface area contributed by atoms with Gasteiger partial charge in [0.05, 0.1) is 70.8 Å². The molecule has 4 fully saturated rings. The maximum absolute atomic E-state index is 13.2. The van der Waals surface area contributed by atoms with Crippen LogP contribution in [0, 0.1) is 11.5 Å². The number of amides is 8. The number of carbonyl (C=O) groups is 5. The van der Waals surface area contributed by atoms with Crippen molar-refractivity contribution in [1.82, 2.24) is 66.6 Å². The Kier molecular flexibility index (Phi) is 21.7. The number of urea groups is 3. The van der Waals surface area contributed by atoms with Crippen LogP contribution in [0.15, 0.2) is 82.8 Å². The highest BCUT2D eigenvalue weighted by Crippen LogP contribution is 2.41. The quantitative estimate of drug-likeness (QED) is 0.0210. The fourth-order valence-corrected chi connectivity index (χ4v) is 18.5. The molecule has 2 aromatic heterocycles. The van der Waals surface area contributed by atoms with Crippen LogP contribution < -0.4 is 51.8 Å². The number of sulfonamides is 2. The zero-order valence-electron chi connectivity index (χ0n) is 51.8. The van der Waals surface area contributed by atoms with Crippen molar-refractivity contribution in [3.63, 3.8) is 0 Å². The predicted molar refractivity (Wildman–Crippen MR) is 359 cm³/mol. The van der Waals surface area contributed by atoms with E-state index >= 15 is 0 Å². The lowest BCUT2D eigenvalue weighted by Crippen LogP contribution is -2.36. The highest BCUT2D eigenvalue weighted by atomic mass is 32.2. The number of aryl methyl sites for hydroxylation is 4. The lowest BCUT2D eigenvalue weighted by molar-refractivity contribution is -0.122. The Morgan fingerprint density at radius 1 is 0.621 bits per heavy atom. The first kappa shape index (κ1) is 68.2. The average Bonchev–Trinajstić information content (AvgIpc) is 1.71. The van der Waals surface area contributed by atoms with Crippen LogP contribution in [-0.4, -0.2) is 123 Å². The number of benzene rings is 4. The largest absolute Gasteiger partial charge is 0.387 e. The van der Waals surface area contributed by atoms with Gasteiger partial charge in [0, 0.05) is 40.5 Å². The summed E-state index contributed by atoms with van der Waals surface area (Å²) in [6.45, 7) is 0.416. The Morgan fingerprint density at radius 2 is 1.07 bits per heavy atom. The Balaban J connectivity index is 0.000000164. The number of anilines is 1. The number of primary sulfonamides is 1. The molecule has 4 aromatic carbocycles. The number of rotatable bonds is 21. The summed E-state index contributed by atoms with van der Waals surface area (Å²) in [5, 5.41) is 51.3. The second kappa shape index (κ2) is 30.2. The number of thioether (sulfide) groups is 2. The predicted octanol–water partition coefficient (Wildman–Crippen LogP) is 6.51. The maximum Gasteiger partial charge on any atom is 0.333 e. The molecule has 8 amide bonds. The molecule has 0 saturated carbocycles. The number of nitrogens with one attached hydrogen (secondary N) is 8. The van der Waals surface area contributed by atoms with E-state index in [-0.39, 0.29) is 78.4 Å². The number of nitrogens with zero attached hydrogens (tertiary/aromatic N) is 7. The highest BCUT2D eigenvalue weighted by molar-refractivity contribution is 8.00. The third-order valence-electron chi connectivity index (χ3n) is 18.5. The van der Waals surface area contributed by atoms with Gasteiger partial charge in [-0.05, 0) is 184 Å². The van der Waals surface area contributed by atoms with E-state index in [2.05, 4.69) is 74.7 Å². The molecule has 504 valence electrons. The van der Waals surface area contributed by atoms with Crippen molar-refractivity contribution in [1.29, 1.82) is 5.26 Å². The van der Waals surface area contributed by atoms with E-state index in [0.717, 1.165) is 137 Å². The number of hydrogen-bond acceptors (Lipinski definition) is 17. The standard InChI is InChI=1S/C32H38N8O5S2.C19H25N7O4S2.C13H13NO.CH4/c41-28(13-2-1-12-27-30-26(18-46-27)34-31(42)36-30)33-16-21-17-40(39-37-21)22-8-5-9-23(15-22)47(44,45)38-32(43)35-29-24-10-3-6-19(24)14-20-7-4-11-25(20)29;20-32(29,30)14-5-3-4-13(8-14)26-10-12(24-25-26)9-21-17(27)7-2-1-6-16-18-15(11-31-16)22-19(28)23-18;14-8-15-13-11-5-1-3-9(11)7-10-4-2-6-12(10)13;/h5,8-9,14-15,17,26-27,30H,1-4,6-7,10-13,16,18H2,(H,33,41)(H2,34,36,42)(H2,35,38,43);3-5,8,10,15-16,18H,1-2,6-7,9,11H2,(H,21,27)(H2,20,29,30)(H2,22,23,28);7H,1-6H2;1H4/t26-,27-,30-;15-,16-,18-;;/m00../s1. The summed E-state index contributed by atoms with van der Waals surface area (Å²) in [6, 6.07) is 16.6. The Bertz CT molecular complexity index is 4090. The summed E-state index contributed by atoms with van der Waals surface area (Å²) >= 11 is 3.73. The lowest BCUT2D eigenvalue weighted by atomic mass is 9.99. The number of nitriles is 1. The van der Waals surface area contributed by atoms with Gasteiger partial charge < -0.3 is 42.0 Å². The van der Waals surface area contributed by atoms with Crippen molar-refractivity contribution in [3.8, 4) is 23.4 Å². The molecule has 0 unspecified atom stereocenters. The number of ether oxygens (including phenoxy) is 1. The fourth-order valence-electron chi connectivity index (χ4n) is 13.9. The van der Waals surface area contributed by atoms with Gasteiger partial charge in [-0.2, -0.15) is 23.5 Å². The fraction of sp³-hybridized carbons (Fsp3) is 0.477. The van der Waals surface area contributed by atoms with E-state index in [1.54, 1.807) is 36.7 Å². The number of aromatic nitrogens is 6. The molecule has 10 N–H and O–H groups in total. The van der Waals surface area contributed by atoms with Crippen LogP contribution >= 0.6 is 23.5 Å². The summed E-state index contributed by atoms with van der Waals surface area (Å²) in [4.78, 5) is 60.5. The molecule has 0 radical (unpaired) electrons. The zero-order valence-corrected chi connectivity index (χ0v) is 55.1. The second-order valence-electron chi connectivity index (χ2n) is 24.8. The molecule has 26 nitrogen and oxygen atoms in total. The SMILES string of the molecule is C.N#COc1c2c(cc3c1CCC3)CCC2.NS(=O)(=O)c1cccc(-n2cc(CNC(=O)CCCC[C@@H]3SC[C@@H]4NC(=O)N[C@@H]43)nn2)c1.O=C(CCCC[C@@H]1SC[C@@H]2NC(=O)N[C@@H]21)NCc1cn(-c2cccc(S(=O)(=O)NC(=O)Nc3c4c(cc5c3CCC5)CCC4)c2)nn1. The first-order valence-corrected chi connectivity index (χ1v) is 37.2. The molecule has 6 atom stereocenters. The van der Waals surface area contributed by atoms with Gasteiger partial charge in [-0.3, -0.25) is 9.59 Å². The number of hydrogen-bond donors (Lipinski definition) is 9. The minimum absolute atomic E-state index is 0. The first-order chi connectivity index (χ1) is 45.4. The van der Waals surface area contributed by atoms with Crippen molar-refractivity contribution >= 4 is 79.2 Å². The molecular weight excluding hydrogens is 1290 g/mol. The van der Waals surface area contributed by atoms with Gasteiger partial charge in [-0.1, -0.05) is 55.0 Å². The van der Waals surface area contributed by atoms with Crippen molar-refractivity contribution in [2.24, 2.45) is 5.14 Å². The third kappa shape index (κ3) is 16.4. The molecule has 8 aliphatic rings. The molecular formula is C65H80N16O10S4. The van der Waals surface area contributed by atoms with Gasteiger partial charge in [0.15, 0.2) is 0 Å². The molecule has 0 bridgehead atoms. The average molecular weight is 1370 g/mol. The minimum Gasteiger partial charge on any atom is -0.387 e. The van der Waals surface area contributed by atoms with Crippen molar-refractivity contribution in [3.05, 3.63) is 129 Å². The zero-order chi connectivity index (χ0) is 65.5. The molecule has 95 heavy (non-hydrogen) atoms. The van der Waals surface area contributed by atoms with Crippen LogP contribution in [-0.2, 0) is 94.1 Å². The number of unbranched alkanes of at least 4 members (excludes halogenated alkanes) is 2. The van der Waals surface area contributed by atoms with Crippen LogP contribution in [0.3, 0.4) is 0 Å². The number of fused-ring (bicyclic) bond motifs is 6. The van der Waals surface area contributed by atoms with E-state index in [1.807, 2.05) is 29.8 Å². The summed E-state index contributed by atoms with van der Waals surface area (Å²) in [5.74, 6) is 2.60. The van der Waals surface area contributed by atoms with Crippen LogP contribution in [0.25, 0.3) is 11.4 Å². The van der Waals surface area contributed by atoms with E-state index in [4.69, 9.17) is 15.1 Å². The first-order valence-electron chi connectivity index (χ1n) is 32.1. The summed E-state index contributed by atoms with van der Waals surface area (Å²) in [7, 11) is -7.99. The normalized spacial score (nSPS) is 20.6. The topological polar surface area (TPSA) is 370 Å². The molecule has 14 rings (SSSR count). The Hall–Kier alpha value is -8.24. The van der Waals surface area contributed by atoms with E-state index in [1.165, 1.54) is 79.9 Å². The van der Waals surface area contributed by atoms with Gasteiger partial charge in [0.25, 0.3) is 16.3 Å². The van der Waals surface area contributed by atoms with Crippen LogP contribution in [0.5, 0.6) is 5.75 Å². The lowest BCUT2D eigenvalue weighted by Gasteiger charge is -2.16. The monoisotopic (exact) mass is 1370 g/mol. The van der Waals surface area contributed by atoms with E-state index in [0.29, 0.717) is 46.1 Å². The molecule has 6 heterocycles. The Morgan fingerprint density at radius 3 is 1.55 bits per heavy atom. The molecule has 6 aromatic rings. The molecule has 4 aliphatic carbocycles. The highest BCUT2D eigenvalue weighted by Gasteiger charge is 2.44. The molecule has 4 saturated heterocycles. The molecule has 4 aliphatic heterocycles. The third-order valence-corrected chi connectivity index (χ3v) is 23.7. The Labute approximate surface area is 561 Å². The summed E-state index contributed by atoms with van der Waals surface area (Å²) in [5.41, 5.74) is 13.0. The second-order valence-corrected chi connectivity index (χ2v) is 30.6. The van der Waals surface area contributed by atoms with Crippen LogP contribution in [0.1, 0.15) is 140 Å². The molecule has 0 spiro atoms. The minimum atomic E-state index is -4.18. The van der Waals surface area contributed by atoms with Crippen LogP contribution in [0.2, 0.25) is 0 Å². The van der Waals surface area contributed by atoms with Crippen molar-refractivity contribution in [2.75, 3.05) is 16.8 Å². The van der Waals surface area contributed by atoms with E-state index < -0.39 is 26.1 Å². The van der Waals surface area contributed by atoms with E-state index in [9.17, 15) is 40.8 Å². The van der Waals surface area contributed by atoms with Crippen molar-refractivity contribution in [2.45, 2.75) is 193 Å².